The van der Waals surface area contributed by atoms with Crippen LogP contribution in [0.5, 0.6) is 0 Å². The molecule has 0 aromatic rings. The molecule has 0 amide bonds. The minimum absolute atomic E-state index is 0.0752. The Bertz CT molecular complexity index is 126. The lowest BCUT2D eigenvalue weighted by Gasteiger charge is -2.34. The van der Waals surface area contributed by atoms with Gasteiger partial charge in [-0.15, -0.1) is 0 Å². The SMILES string of the molecule is CC.CC1CCN(C)CC1(F)F. The summed E-state index contributed by atoms with van der Waals surface area (Å²) in [6.45, 7) is 6.35. The summed E-state index contributed by atoms with van der Waals surface area (Å²) >= 11 is 0. The van der Waals surface area contributed by atoms with E-state index in [4.69, 9.17) is 0 Å². The zero-order valence-corrected chi connectivity index (χ0v) is 8.40. The van der Waals surface area contributed by atoms with Gasteiger partial charge < -0.3 is 4.90 Å². The van der Waals surface area contributed by atoms with Crippen molar-refractivity contribution >= 4 is 0 Å². The van der Waals surface area contributed by atoms with Crippen LogP contribution in [0, 0.1) is 5.92 Å². The molecule has 0 spiro atoms. The number of rotatable bonds is 0. The van der Waals surface area contributed by atoms with Crippen LogP contribution in [-0.4, -0.2) is 31.0 Å². The highest BCUT2D eigenvalue weighted by atomic mass is 19.3. The van der Waals surface area contributed by atoms with Gasteiger partial charge in [-0.2, -0.15) is 0 Å². The quantitative estimate of drug-likeness (QED) is 0.552. The van der Waals surface area contributed by atoms with Crippen LogP contribution in [0.1, 0.15) is 27.2 Å². The Labute approximate surface area is 73.7 Å². The highest BCUT2D eigenvalue weighted by Crippen LogP contribution is 2.31. The second-order valence-electron chi connectivity index (χ2n) is 3.19. The maximum absolute atomic E-state index is 12.8. The summed E-state index contributed by atoms with van der Waals surface area (Å²) < 4.78 is 25.6. The van der Waals surface area contributed by atoms with Gasteiger partial charge in [0.05, 0.1) is 6.54 Å². The molecule has 74 valence electrons. The summed E-state index contributed by atoms with van der Waals surface area (Å²) in [5.41, 5.74) is 0. The van der Waals surface area contributed by atoms with E-state index < -0.39 is 11.8 Å². The first kappa shape index (κ1) is 11.8. The van der Waals surface area contributed by atoms with Crippen LogP contribution in [0.25, 0.3) is 0 Å². The van der Waals surface area contributed by atoms with Gasteiger partial charge in [0.2, 0.25) is 0 Å². The Balaban J connectivity index is 0.000000561. The molecule has 1 aliphatic rings. The van der Waals surface area contributed by atoms with Crippen LogP contribution in [0.3, 0.4) is 0 Å². The van der Waals surface area contributed by atoms with E-state index >= 15 is 0 Å². The van der Waals surface area contributed by atoms with Gasteiger partial charge in [-0.05, 0) is 20.0 Å². The van der Waals surface area contributed by atoms with Crippen molar-refractivity contribution in [3.8, 4) is 0 Å². The van der Waals surface area contributed by atoms with E-state index in [0.717, 1.165) is 6.54 Å². The third kappa shape index (κ3) is 3.05. The van der Waals surface area contributed by atoms with E-state index in [1.165, 1.54) is 0 Å². The van der Waals surface area contributed by atoms with E-state index in [1.54, 1.807) is 18.9 Å². The summed E-state index contributed by atoms with van der Waals surface area (Å²) in [4.78, 5) is 1.68. The maximum atomic E-state index is 12.8. The molecule has 1 unspecified atom stereocenters. The molecule has 12 heavy (non-hydrogen) atoms. The first-order valence-corrected chi connectivity index (χ1v) is 4.59. The Morgan fingerprint density at radius 2 is 1.83 bits per heavy atom. The standard InChI is InChI=1S/C7H13F2N.C2H6/c1-6-3-4-10(2)5-7(6,8)9;1-2/h6H,3-5H2,1-2H3;1-2H3. The molecule has 3 heteroatoms. The number of hydrogen-bond acceptors (Lipinski definition) is 1. The topological polar surface area (TPSA) is 3.24 Å². The summed E-state index contributed by atoms with van der Waals surface area (Å²) in [5.74, 6) is -2.91. The molecular weight excluding hydrogens is 160 g/mol. The second-order valence-corrected chi connectivity index (χ2v) is 3.19. The van der Waals surface area contributed by atoms with Gasteiger partial charge in [0.15, 0.2) is 0 Å². The molecular formula is C9H19F2N. The molecule has 1 saturated heterocycles. The number of nitrogens with zero attached hydrogens (tertiary/aromatic N) is 1. The van der Waals surface area contributed by atoms with E-state index in [2.05, 4.69) is 0 Å². The van der Waals surface area contributed by atoms with Crippen molar-refractivity contribution in [2.24, 2.45) is 5.92 Å². The highest BCUT2D eigenvalue weighted by Gasteiger charge is 2.40. The zero-order chi connectivity index (χ0) is 9.78. The fourth-order valence-corrected chi connectivity index (χ4v) is 1.22. The zero-order valence-electron chi connectivity index (χ0n) is 8.40. The predicted octanol–water partition coefficient (Wildman–Crippen LogP) is 2.62. The third-order valence-electron chi connectivity index (χ3n) is 2.15. The lowest BCUT2D eigenvalue weighted by atomic mass is 9.95. The lowest BCUT2D eigenvalue weighted by Crippen LogP contribution is -2.45. The molecule has 1 aliphatic heterocycles. The highest BCUT2D eigenvalue weighted by molar-refractivity contribution is 4.82. The second kappa shape index (κ2) is 4.75. The summed E-state index contributed by atoms with van der Waals surface area (Å²) in [7, 11) is 1.74. The molecule has 0 radical (unpaired) electrons. The van der Waals surface area contributed by atoms with Gasteiger partial charge in [-0.1, -0.05) is 20.8 Å². The van der Waals surface area contributed by atoms with Crippen LogP contribution in [0.4, 0.5) is 8.78 Å². The van der Waals surface area contributed by atoms with Gasteiger partial charge >= 0.3 is 0 Å². The van der Waals surface area contributed by atoms with Crippen molar-refractivity contribution < 1.29 is 8.78 Å². The molecule has 1 fully saturated rings. The van der Waals surface area contributed by atoms with Gasteiger partial charge in [0.1, 0.15) is 0 Å². The van der Waals surface area contributed by atoms with E-state index in [0.29, 0.717) is 6.42 Å². The maximum Gasteiger partial charge on any atom is 0.263 e. The first-order chi connectivity index (χ1) is 5.52. The fourth-order valence-electron chi connectivity index (χ4n) is 1.22. The Morgan fingerprint density at radius 3 is 2.17 bits per heavy atom. The van der Waals surface area contributed by atoms with Gasteiger partial charge in [0.25, 0.3) is 5.92 Å². The molecule has 1 nitrogen and oxygen atoms in total. The molecule has 0 aliphatic carbocycles. The lowest BCUT2D eigenvalue weighted by molar-refractivity contribution is -0.0985. The van der Waals surface area contributed by atoms with Crippen molar-refractivity contribution in [3.05, 3.63) is 0 Å². The normalized spacial score (nSPS) is 29.0. The minimum atomic E-state index is -2.47. The smallest absolute Gasteiger partial charge is 0.263 e. The van der Waals surface area contributed by atoms with E-state index in [1.807, 2.05) is 13.8 Å². The fraction of sp³-hybridized carbons (Fsp3) is 1.00. The third-order valence-corrected chi connectivity index (χ3v) is 2.15. The molecule has 1 atom stereocenters. The monoisotopic (exact) mass is 179 g/mol. The van der Waals surface area contributed by atoms with Crippen molar-refractivity contribution in [1.29, 1.82) is 0 Å². The molecule has 0 aromatic heterocycles. The van der Waals surface area contributed by atoms with Gasteiger partial charge in [-0.25, -0.2) is 8.78 Å². The molecule has 0 N–H and O–H groups in total. The molecule has 0 aromatic carbocycles. The van der Waals surface area contributed by atoms with Gasteiger partial charge in [0, 0.05) is 5.92 Å². The van der Waals surface area contributed by atoms with Crippen LogP contribution in [0.2, 0.25) is 0 Å². The molecule has 0 saturated carbocycles. The van der Waals surface area contributed by atoms with Crippen molar-refractivity contribution in [2.45, 2.75) is 33.1 Å². The average molecular weight is 179 g/mol. The molecule has 1 heterocycles. The number of likely N-dealkylation sites (tertiary alicyclic amines) is 1. The number of piperidine rings is 1. The largest absolute Gasteiger partial charge is 0.301 e. The number of halogens is 2. The Kier molecular flexibility index (Phi) is 4.68. The van der Waals surface area contributed by atoms with Crippen molar-refractivity contribution in [2.75, 3.05) is 20.1 Å². The number of alkyl halides is 2. The van der Waals surface area contributed by atoms with Crippen LogP contribution < -0.4 is 0 Å². The summed E-state index contributed by atoms with van der Waals surface area (Å²) in [6.07, 6.45) is 0.615. The van der Waals surface area contributed by atoms with Crippen molar-refractivity contribution in [1.82, 2.24) is 4.90 Å². The Hall–Kier alpha value is -0.180. The Morgan fingerprint density at radius 1 is 1.33 bits per heavy atom. The van der Waals surface area contributed by atoms with Crippen LogP contribution >= 0.6 is 0 Å². The van der Waals surface area contributed by atoms with Crippen LogP contribution in [-0.2, 0) is 0 Å². The summed E-state index contributed by atoms with van der Waals surface area (Å²) in [6, 6.07) is 0. The molecule has 1 rings (SSSR count). The van der Waals surface area contributed by atoms with E-state index in [9.17, 15) is 8.78 Å². The number of hydrogen-bond donors (Lipinski definition) is 0. The predicted molar refractivity (Wildman–Crippen MR) is 47.6 cm³/mol. The minimum Gasteiger partial charge on any atom is -0.301 e. The van der Waals surface area contributed by atoms with Gasteiger partial charge in [-0.3, -0.25) is 0 Å². The average Bonchev–Trinajstić information content (AvgIpc) is 2.01. The summed E-state index contributed by atoms with van der Waals surface area (Å²) in [5, 5.41) is 0. The van der Waals surface area contributed by atoms with Crippen LogP contribution in [0.15, 0.2) is 0 Å². The van der Waals surface area contributed by atoms with Crippen molar-refractivity contribution in [3.63, 3.8) is 0 Å². The first-order valence-electron chi connectivity index (χ1n) is 4.59. The molecule has 0 bridgehead atoms. The van der Waals surface area contributed by atoms with E-state index in [-0.39, 0.29) is 6.54 Å².